The van der Waals surface area contributed by atoms with E-state index in [2.05, 4.69) is 20.9 Å². The van der Waals surface area contributed by atoms with E-state index in [-0.39, 0.29) is 11.4 Å². The number of rotatable bonds is 9. The van der Waals surface area contributed by atoms with Gasteiger partial charge in [-0.1, -0.05) is 41.9 Å². The number of nitrogens with zero attached hydrogens (tertiary/aromatic N) is 3. The number of ether oxygens (including phenoxy) is 3. The summed E-state index contributed by atoms with van der Waals surface area (Å²) in [6.45, 7) is 0.707. The quantitative estimate of drug-likeness (QED) is 0.230. The largest absolute Gasteiger partial charge is 0.497 e. The van der Waals surface area contributed by atoms with Crippen LogP contribution in [0, 0.1) is 0 Å². The molecule has 3 aromatic carbocycles. The number of para-hydroxylation sites is 1. The van der Waals surface area contributed by atoms with Crippen molar-refractivity contribution in [1.29, 1.82) is 0 Å². The molecule has 10 heteroatoms. The van der Waals surface area contributed by atoms with Crippen LogP contribution in [0.1, 0.15) is 21.5 Å². The summed E-state index contributed by atoms with van der Waals surface area (Å²) in [6.07, 6.45) is 1.37. The van der Waals surface area contributed by atoms with Crippen LogP contribution in [0.4, 0.5) is 5.82 Å². The maximum atomic E-state index is 13.8. The number of hydrogen-bond donors (Lipinski definition) is 0. The van der Waals surface area contributed by atoms with Crippen LogP contribution in [-0.4, -0.2) is 36.8 Å². The summed E-state index contributed by atoms with van der Waals surface area (Å²) in [5, 5.41) is 0.320. The Hall–Kier alpha value is -3.82. The lowest BCUT2D eigenvalue weighted by Gasteiger charge is -2.26. The van der Waals surface area contributed by atoms with Gasteiger partial charge >= 0.3 is 5.97 Å². The second-order valence-electron chi connectivity index (χ2n) is 8.23. The number of carbonyl (C=O) groups excluding carboxylic acids is 1. The number of aromatic nitrogens is 2. The summed E-state index contributed by atoms with van der Waals surface area (Å²) in [6, 6.07) is 20.2. The number of methoxy groups -OCH3 is 3. The van der Waals surface area contributed by atoms with Crippen molar-refractivity contribution in [2.24, 2.45) is 0 Å². The minimum absolute atomic E-state index is 0.188. The van der Waals surface area contributed by atoms with Gasteiger partial charge in [-0.3, -0.25) is 9.36 Å². The van der Waals surface area contributed by atoms with E-state index in [1.165, 1.54) is 18.0 Å². The van der Waals surface area contributed by atoms with Crippen molar-refractivity contribution in [1.82, 2.24) is 9.55 Å². The SMILES string of the molecule is COC(=O)c1c(N(Cc2ccc(OC)cc2)Cc2ccc(OC)cc2)ncn(-c2c(Cl)cccc2Br)c1=O. The predicted octanol–water partition coefficient (Wildman–Crippen LogP) is 5.66. The van der Waals surface area contributed by atoms with E-state index < -0.39 is 11.5 Å². The molecule has 1 heterocycles. The van der Waals surface area contributed by atoms with E-state index in [1.54, 1.807) is 32.4 Å². The molecule has 0 aliphatic rings. The van der Waals surface area contributed by atoms with Gasteiger partial charge in [-0.2, -0.15) is 0 Å². The van der Waals surface area contributed by atoms with Gasteiger partial charge in [-0.05, 0) is 63.5 Å². The minimum Gasteiger partial charge on any atom is -0.497 e. The van der Waals surface area contributed by atoms with Gasteiger partial charge < -0.3 is 19.1 Å². The van der Waals surface area contributed by atoms with Crippen molar-refractivity contribution in [2.75, 3.05) is 26.2 Å². The molecule has 0 saturated carbocycles. The summed E-state index contributed by atoms with van der Waals surface area (Å²) in [4.78, 5) is 33.2. The highest BCUT2D eigenvalue weighted by Crippen LogP contribution is 2.29. The maximum absolute atomic E-state index is 13.8. The smallest absolute Gasteiger partial charge is 0.347 e. The Morgan fingerprint density at radius 1 is 0.921 bits per heavy atom. The lowest BCUT2D eigenvalue weighted by atomic mass is 10.1. The van der Waals surface area contributed by atoms with Gasteiger partial charge in [0.1, 0.15) is 17.8 Å². The summed E-state index contributed by atoms with van der Waals surface area (Å²) in [7, 11) is 4.43. The van der Waals surface area contributed by atoms with E-state index in [9.17, 15) is 9.59 Å². The zero-order valence-electron chi connectivity index (χ0n) is 21.0. The van der Waals surface area contributed by atoms with Gasteiger partial charge in [0.15, 0.2) is 11.4 Å². The molecular weight excluding hydrogens is 574 g/mol. The number of hydrogen-bond acceptors (Lipinski definition) is 7. The fourth-order valence-electron chi connectivity index (χ4n) is 3.95. The average Bonchev–Trinajstić information content (AvgIpc) is 2.93. The number of anilines is 1. The highest BCUT2D eigenvalue weighted by Gasteiger charge is 2.26. The third-order valence-corrected chi connectivity index (χ3v) is 6.83. The van der Waals surface area contributed by atoms with E-state index in [1.807, 2.05) is 53.4 Å². The van der Waals surface area contributed by atoms with Gasteiger partial charge in [0.2, 0.25) is 0 Å². The molecule has 0 aliphatic carbocycles. The first-order valence-electron chi connectivity index (χ1n) is 11.5. The summed E-state index contributed by atoms with van der Waals surface area (Å²) < 4.78 is 17.4. The van der Waals surface area contributed by atoms with Crippen molar-refractivity contribution in [3.63, 3.8) is 0 Å². The van der Waals surface area contributed by atoms with Crippen LogP contribution in [0.3, 0.4) is 0 Å². The van der Waals surface area contributed by atoms with Crippen molar-refractivity contribution >= 4 is 39.3 Å². The van der Waals surface area contributed by atoms with Crippen LogP contribution in [0.25, 0.3) is 5.69 Å². The van der Waals surface area contributed by atoms with Gasteiger partial charge in [0.25, 0.3) is 5.56 Å². The van der Waals surface area contributed by atoms with Crippen LogP contribution < -0.4 is 19.9 Å². The monoisotopic (exact) mass is 597 g/mol. The fraction of sp³-hybridized carbons (Fsp3) is 0.179. The predicted molar refractivity (Wildman–Crippen MR) is 150 cm³/mol. The van der Waals surface area contributed by atoms with Gasteiger partial charge in [-0.25, -0.2) is 9.78 Å². The average molecular weight is 599 g/mol. The summed E-state index contributed by atoms with van der Waals surface area (Å²) >= 11 is 9.84. The Morgan fingerprint density at radius 2 is 1.47 bits per heavy atom. The van der Waals surface area contributed by atoms with E-state index in [4.69, 9.17) is 25.8 Å². The zero-order valence-corrected chi connectivity index (χ0v) is 23.3. The molecule has 0 fully saturated rings. The molecule has 0 aliphatic heterocycles. The molecule has 0 N–H and O–H groups in total. The first-order chi connectivity index (χ1) is 18.4. The van der Waals surface area contributed by atoms with E-state index in [0.29, 0.717) is 28.3 Å². The Labute approximate surface area is 233 Å². The molecule has 8 nitrogen and oxygen atoms in total. The Morgan fingerprint density at radius 3 is 1.95 bits per heavy atom. The van der Waals surface area contributed by atoms with Crippen molar-refractivity contribution < 1.29 is 19.0 Å². The fourth-order valence-corrected chi connectivity index (χ4v) is 4.89. The standard InChI is InChI=1S/C28H25BrClN3O5/c1-36-20-11-7-18(8-12-20)15-32(16-19-9-13-21(37-2)14-10-19)26-24(28(35)38-3)27(34)33(17-31-26)25-22(29)5-4-6-23(25)30/h4-14,17H,15-16H2,1-3H3. The third-order valence-electron chi connectivity index (χ3n) is 5.88. The number of halogens is 2. The second kappa shape index (κ2) is 12.1. The molecule has 196 valence electrons. The Kier molecular flexibility index (Phi) is 8.70. The molecular formula is C28H25BrClN3O5. The summed E-state index contributed by atoms with van der Waals surface area (Å²) in [5.74, 6) is 0.825. The van der Waals surface area contributed by atoms with Crippen LogP contribution in [-0.2, 0) is 17.8 Å². The van der Waals surface area contributed by atoms with Crippen LogP contribution >= 0.6 is 27.5 Å². The highest BCUT2D eigenvalue weighted by atomic mass is 79.9. The number of carbonyl (C=O) groups is 1. The molecule has 1 aromatic heterocycles. The third kappa shape index (κ3) is 5.84. The van der Waals surface area contributed by atoms with Crippen molar-refractivity contribution in [2.45, 2.75) is 13.1 Å². The van der Waals surface area contributed by atoms with Crippen LogP contribution in [0.15, 0.2) is 82.3 Å². The van der Waals surface area contributed by atoms with Crippen LogP contribution in [0.2, 0.25) is 5.02 Å². The first kappa shape index (κ1) is 27.2. The van der Waals surface area contributed by atoms with Crippen LogP contribution in [0.5, 0.6) is 11.5 Å². The molecule has 4 rings (SSSR count). The summed E-state index contributed by atoms with van der Waals surface area (Å²) in [5.41, 5.74) is 1.42. The van der Waals surface area contributed by atoms with E-state index >= 15 is 0 Å². The molecule has 0 unspecified atom stereocenters. The molecule has 0 saturated heterocycles. The van der Waals surface area contributed by atoms with E-state index in [0.717, 1.165) is 22.6 Å². The Balaban J connectivity index is 1.85. The number of benzene rings is 3. The lowest BCUT2D eigenvalue weighted by molar-refractivity contribution is 0.0598. The molecule has 0 atom stereocenters. The zero-order chi connectivity index (χ0) is 27.2. The molecule has 0 amide bonds. The molecule has 0 bridgehead atoms. The molecule has 0 radical (unpaired) electrons. The van der Waals surface area contributed by atoms with Gasteiger partial charge in [-0.15, -0.1) is 0 Å². The molecule has 4 aromatic rings. The van der Waals surface area contributed by atoms with Crippen molar-refractivity contribution in [3.8, 4) is 17.2 Å². The normalized spacial score (nSPS) is 10.7. The maximum Gasteiger partial charge on any atom is 0.347 e. The second-order valence-corrected chi connectivity index (χ2v) is 9.49. The number of esters is 1. The molecule has 38 heavy (non-hydrogen) atoms. The Bertz CT molecular complexity index is 1420. The minimum atomic E-state index is -0.801. The molecule has 0 spiro atoms. The van der Waals surface area contributed by atoms with Gasteiger partial charge in [0, 0.05) is 17.6 Å². The lowest BCUT2D eigenvalue weighted by Crippen LogP contribution is -2.33. The highest BCUT2D eigenvalue weighted by molar-refractivity contribution is 9.10. The van der Waals surface area contributed by atoms with Crippen molar-refractivity contribution in [3.05, 3.63) is 110 Å². The van der Waals surface area contributed by atoms with Gasteiger partial charge in [0.05, 0.1) is 32.0 Å². The first-order valence-corrected chi connectivity index (χ1v) is 12.7. The topological polar surface area (TPSA) is 82.9 Å².